The smallest absolute Gasteiger partial charge is 0.309 e. The number of hydrogen-bond acceptors (Lipinski definition) is 2. The van der Waals surface area contributed by atoms with Gasteiger partial charge >= 0.3 is 6.03 Å². The van der Waals surface area contributed by atoms with Gasteiger partial charge in [0.1, 0.15) is 0 Å². The van der Waals surface area contributed by atoms with Crippen molar-refractivity contribution in [2.24, 2.45) is 17.2 Å². The number of rotatable bonds is 1. The number of hydrogen-bond donors (Lipinski definition) is 3. The number of amides is 3. The molecule has 5 nitrogen and oxygen atoms in total. The summed E-state index contributed by atoms with van der Waals surface area (Å²) in [5, 5.41) is 0. The Morgan fingerprint density at radius 3 is 1.33 bits per heavy atom. The minimum atomic E-state index is -0.833. The summed E-state index contributed by atoms with van der Waals surface area (Å²) in [5.74, 6) is -0.245. The Kier molecular flexibility index (Phi) is 7.99. The Balaban J connectivity index is 0. The molecule has 0 fully saturated rings. The predicted octanol–water partition coefficient (Wildman–Crippen LogP) is -1.09. The maximum absolute atomic E-state index is 9.59. The quantitative estimate of drug-likeness (QED) is 0.422. The van der Waals surface area contributed by atoms with E-state index in [9.17, 15) is 4.79 Å². The van der Waals surface area contributed by atoms with Gasteiger partial charge in [-0.3, -0.25) is 4.79 Å². The van der Waals surface area contributed by atoms with Crippen molar-refractivity contribution < 1.29 is 9.59 Å². The molecule has 0 aromatic carbocycles. The lowest BCUT2D eigenvalue weighted by Crippen LogP contribution is -2.18. The molecule has 5 heteroatoms. The van der Waals surface area contributed by atoms with Crippen LogP contribution in [0.1, 0.15) is 13.3 Å². The molecule has 0 unspecified atom stereocenters. The number of urea groups is 1. The zero-order valence-electron chi connectivity index (χ0n) is 5.26. The summed E-state index contributed by atoms with van der Waals surface area (Å²) >= 11 is 0. The van der Waals surface area contributed by atoms with Gasteiger partial charge in [0, 0.05) is 6.42 Å². The number of carbonyl (C=O) groups excluding carboxylic acids is 2. The molecule has 0 rings (SSSR count). The van der Waals surface area contributed by atoms with Gasteiger partial charge in [0.15, 0.2) is 0 Å². The van der Waals surface area contributed by atoms with Crippen molar-refractivity contribution in [1.29, 1.82) is 0 Å². The van der Waals surface area contributed by atoms with E-state index in [1.165, 1.54) is 0 Å². The van der Waals surface area contributed by atoms with Crippen molar-refractivity contribution >= 4 is 11.9 Å². The molecule has 0 spiro atoms. The van der Waals surface area contributed by atoms with Crippen LogP contribution in [0.25, 0.3) is 0 Å². The summed E-state index contributed by atoms with van der Waals surface area (Å²) < 4.78 is 0. The Morgan fingerprint density at radius 2 is 1.33 bits per heavy atom. The lowest BCUT2D eigenvalue weighted by Gasteiger charge is -1.73. The van der Waals surface area contributed by atoms with Crippen LogP contribution >= 0.6 is 0 Å². The van der Waals surface area contributed by atoms with Gasteiger partial charge in [-0.15, -0.1) is 0 Å². The maximum Gasteiger partial charge on any atom is 0.309 e. The summed E-state index contributed by atoms with van der Waals surface area (Å²) in [5.41, 5.74) is 13.2. The summed E-state index contributed by atoms with van der Waals surface area (Å²) in [4.78, 5) is 18.6. The van der Waals surface area contributed by atoms with Crippen LogP contribution in [-0.2, 0) is 4.79 Å². The minimum absolute atomic E-state index is 0.245. The molecular formula is C4H11N3O2. The lowest BCUT2D eigenvalue weighted by atomic mass is 10.5. The fraction of sp³-hybridized carbons (Fsp3) is 0.500. The third-order valence-corrected chi connectivity index (χ3v) is 0.348. The molecule has 3 amide bonds. The van der Waals surface area contributed by atoms with Gasteiger partial charge in [0.2, 0.25) is 5.91 Å². The number of primary amides is 3. The first-order chi connectivity index (χ1) is 4.00. The lowest BCUT2D eigenvalue weighted by molar-refractivity contribution is -0.117. The molecule has 6 N–H and O–H groups in total. The van der Waals surface area contributed by atoms with Crippen LogP contribution < -0.4 is 17.2 Å². The molecule has 0 atom stereocenters. The second-order valence-electron chi connectivity index (χ2n) is 1.22. The molecule has 0 aliphatic carbocycles. The summed E-state index contributed by atoms with van der Waals surface area (Å²) in [6.07, 6.45) is 0.444. The molecule has 0 aliphatic heterocycles. The standard InChI is InChI=1S/C3H7NO.CH4N2O/c1-2-3(4)5;2-1(3)4/h2H2,1H3,(H2,4,5);(H4,2,3,4). The normalized spacial score (nSPS) is 6.78. The average Bonchev–Trinajstić information content (AvgIpc) is 1.65. The van der Waals surface area contributed by atoms with Crippen LogP contribution in [0.2, 0.25) is 0 Å². The van der Waals surface area contributed by atoms with Gasteiger partial charge in [-0.25, -0.2) is 4.79 Å². The SMILES string of the molecule is CCC(N)=O.NC(N)=O. The van der Waals surface area contributed by atoms with E-state index in [1.807, 2.05) is 0 Å². The second kappa shape index (κ2) is 6.74. The minimum Gasteiger partial charge on any atom is -0.370 e. The highest BCUT2D eigenvalue weighted by Gasteiger charge is 1.77. The summed E-state index contributed by atoms with van der Waals surface area (Å²) in [6.45, 7) is 1.72. The van der Waals surface area contributed by atoms with Gasteiger partial charge in [-0.1, -0.05) is 6.92 Å². The van der Waals surface area contributed by atoms with E-state index in [4.69, 9.17) is 4.79 Å². The van der Waals surface area contributed by atoms with Gasteiger partial charge < -0.3 is 17.2 Å². The van der Waals surface area contributed by atoms with Gasteiger partial charge in [0.25, 0.3) is 0 Å². The molecular weight excluding hydrogens is 122 g/mol. The van der Waals surface area contributed by atoms with Crippen LogP contribution in [0, 0.1) is 0 Å². The van der Waals surface area contributed by atoms with E-state index in [2.05, 4.69) is 17.2 Å². The van der Waals surface area contributed by atoms with E-state index in [1.54, 1.807) is 6.92 Å². The topological polar surface area (TPSA) is 112 Å². The molecule has 0 radical (unpaired) electrons. The van der Waals surface area contributed by atoms with E-state index >= 15 is 0 Å². The van der Waals surface area contributed by atoms with Crippen LogP contribution in [-0.4, -0.2) is 11.9 Å². The van der Waals surface area contributed by atoms with Crippen molar-refractivity contribution in [2.75, 3.05) is 0 Å². The number of nitrogens with two attached hydrogens (primary N) is 3. The van der Waals surface area contributed by atoms with Crippen LogP contribution in [0.5, 0.6) is 0 Å². The Labute approximate surface area is 53.2 Å². The van der Waals surface area contributed by atoms with Crippen LogP contribution in [0.15, 0.2) is 0 Å². The highest BCUT2D eigenvalue weighted by atomic mass is 16.2. The van der Waals surface area contributed by atoms with E-state index in [-0.39, 0.29) is 5.91 Å². The first-order valence-electron chi connectivity index (χ1n) is 2.33. The largest absolute Gasteiger partial charge is 0.370 e. The molecule has 0 saturated carbocycles. The zero-order valence-corrected chi connectivity index (χ0v) is 5.26. The van der Waals surface area contributed by atoms with Crippen molar-refractivity contribution in [3.05, 3.63) is 0 Å². The van der Waals surface area contributed by atoms with Crippen molar-refractivity contribution in [3.63, 3.8) is 0 Å². The molecule has 9 heavy (non-hydrogen) atoms. The molecule has 54 valence electrons. The third-order valence-electron chi connectivity index (χ3n) is 0.348. The summed E-state index contributed by atoms with van der Waals surface area (Å²) in [7, 11) is 0. The molecule has 0 heterocycles. The Hall–Kier alpha value is -1.26. The zero-order chi connectivity index (χ0) is 7.86. The van der Waals surface area contributed by atoms with Crippen molar-refractivity contribution in [2.45, 2.75) is 13.3 Å². The van der Waals surface area contributed by atoms with Gasteiger partial charge in [0.05, 0.1) is 0 Å². The van der Waals surface area contributed by atoms with Crippen molar-refractivity contribution in [3.8, 4) is 0 Å². The molecule has 0 bridgehead atoms. The average molecular weight is 133 g/mol. The van der Waals surface area contributed by atoms with Crippen molar-refractivity contribution in [1.82, 2.24) is 0 Å². The van der Waals surface area contributed by atoms with Crippen LogP contribution in [0.3, 0.4) is 0 Å². The molecule has 0 aliphatic rings. The first-order valence-corrected chi connectivity index (χ1v) is 2.33. The molecule has 0 aromatic heterocycles. The van der Waals surface area contributed by atoms with Gasteiger partial charge in [-0.2, -0.15) is 0 Å². The van der Waals surface area contributed by atoms with E-state index in [0.717, 1.165) is 0 Å². The van der Waals surface area contributed by atoms with Crippen LogP contribution in [0.4, 0.5) is 4.79 Å². The fourth-order valence-corrected chi connectivity index (χ4v) is 0. The first kappa shape index (κ1) is 10.7. The number of carbonyl (C=O) groups is 2. The second-order valence-corrected chi connectivity index (χ2v) is 1.22. The highest BCUT2D eigenvalue weighted by Crippen LogP contribution is 1.63. The highest BCUT2D eigenvalue weighted by molar-refractivity contribution is 5.73. The molecule has 0 saturated heterocycles. The Bertz CT molecular complexity index is 98.0. The van der Waals surface area contributed by atoms with E-state index < -0.39 is 6.03 Å². The molecule has 0 aromatic rings. The summed E-state index contributed by atoms with van der Waals surface area (Å²) in [6, 6.07) is -0.833. The van der Waals surface area contributed by atoms with E-state index in [0.29, 0.717) is 6.42 Å². The third kappa shape index (κ3) is 277. The predicted molar refractivity (Wildman–Crippen MR) is 33.3 cm³/mol. The van der Waals surface area contributed by atoms with Gasteiger partial charge in [-0.05, 0) is 0 Å². The Morgan fingerprint density at radius 1 is 1.22 bits per heavy atom. The monoisotopic (exact) mass is 133 g/mol. The fourth-order valence-electron chi connectivity index (χ4n) is 0. The maximum atomic E-state index is 9.59.